The van der Waals surface area contributed by atoms with E-state index >= 15 is 0 Å². The van der Waals surface area contributed by atoms with Crippen LogP contribution < -0.4 is 10.6 Å². The van der Waals surface area contributed by atoms with E-state index in [1.807, 2.05) is 24.3 Å². The molecule has 0 saturated carbocycles. The number of nitrogens with zero attached hydrogens (tertiary/aromatic N) is 2. The molecule has 0 bridgehead atoms. The highest BCUT2D eigenvalue weighted by atomic mass is 16.2. The fourth-order valence-corrected chi connectivity index (χ4v) is 1.95. The van der Waals surface area contributed by atoms with E-state index in [1.54, 1.807) is 30.7 Å². The summed E-state index contributed by atoms with van der Waals surface area (Å²) in [5.74, 6) is -0.0475. The number of benzene rings is 1. The summed E-state index contributed by atoms with van der Waals surface area (Å²) in [6, 6.07) is 8.92. The summed E-state index contributed by atoms with van der Waals surface area (Å²) in [6.07, 6.45) is 10.8. The maximum absolute atomic E-state index is 11.8. The lowest BCUT2D eigenvalue weighted by molar-refractivity contribution is 0.0953. The lowest BCUT2D eigenvalue weighted by Gasteiger charge is -2.04. The van der Waals surface area contributed by atoms with Gasteiger partial charge in [0.2, 0.25) is 0 Å². The molecule has 6 nitrogen and oxygen atoms in total. The molecule has 0 aliphatic carbocycles. The third kappa shape index (κ3) is 5.78. The van der Waals surface area contributed by atoms with Crippen LogP contribution in [0.1, 0.15) is 29.6 Å². The van der Waals surface area contributed by atoms with Crippen molar-refractivity contribution in [2.24, 2.45) is 0 Å². The van der Waals surface area contributed by atoms with Crippen LogP contribution in [-0.4, -0.2) is 28.0 Å². The highest BCUT2D eigenvalue weighted by molar-refractivity contribution is 5.94. The number of hydrogen-bond donors (Lipinski definition) is 2. The Labute approximate surface area is 135 Å². The Morgan fingerprint density at radius 3 is 2.74 bits per heavy atom. The van der Waals surface area contributed by atoms with Gasteiger partial charge < -0.3 is 10.6 Å². The minimum Gasteiger partial charge on any atom is -0.352 e. The molecule has 0 saturated heterocycles. The van der Waals surface area contributed by atoms with Crippen LogP contribution in [0, 0.1) is 0 Å². The molecule has 120 valence electrons. The number of allylic oxidation sites excluding steroid dienone is 1. The Bertz CT molecular complexity index is 636. The third-order valence-electron chi connectivity index (χ3n) is 3.18. The van der Waals surface area contributed by atoms with E-state index in [-0.39, 0.29) is 11.9 Å². The molecule has 0 unspecified atom stereocenters. The molecule has 0 aliphatic heterocycles. The van der Waals surface area contributed by atoms with Gasteiger partial charge in [0, 0.05) is 30.7 Å². The van der Waals surface area contributed by atoms with Gasteiger partial charge in [-0.1, -0.05) is 24.3 Å². The summed E-state index contributed by atoms with van der Waals surface area (Å²) in [6.45, 7) is 0.642. The Kier molecular flexibility index (Phi) is 6.59. The van der Waals surface area contributed by atoms with Crippen molar-refractivity contribution < 1.29 is 9.59 Å². The van der Waals surface area contributed by atoms with Crippen molar-refractivity contribution in [1.82, 2.24) is 20.2 Å². The highest BCUT2D eigenvalue weighted by Gasteiger charge is 2.02. The molecule has 0 radical (unpaired) electrons. The number of unbranched alkanes of at least 4 members (excludes halogenated alkanes) is 2. The molecule has 1 aromatic heterocycles. The zero-order chi connectivity index (χ0) is 16.3. The van der Waals surface area contributed by atoms with Gasteiger partial charge in [-0.15, -0.1) is 0 Å². The molecule has 1 aromatic carbocycles. The zero-order valence-corrected chi connectivity index (χ0v) is 12.8. The molecule has 2 rings (SSSR count). The lowest BCUT2D eigenvalue weighted by atomic mass is 10.2. The SMILES string of the molecule is O=C(NCCCC/C=C/NC(=O)n1ccnc1)c1ccccc1. The number of aromatic nitrogens is 2. The van der Waals surface area contributed by atoms with Crippen LogP contribution in [-0.2, 0) is 0 Å². The Morgan fingerprint density at radius 1 is 1.17 bits per heavy atom. The normalized spacial score (nSPS) is 10.6. The summed E-state index contributed by atoms with van der Waals surface area (Å²) in [5.41, 5.74) is 0.676. The summed E-state index contributed by atoms with van der Waals surface area (Å²) in [4.78, 5) is 27.2. The standard InChI is InChI=1S/C17H20N4O2/c22-16(15-8-4-3-5-9-15)19-10-6-1-2-7-11-20-17(23)21-13-12-18-14-21/h3-5,7-9,11-14H,1-2,6,10H2,(H,19,22)(H,20,23)/b11-7+. The maximum atomic E-state index is 11.8. The molecular formula is C17H20N4O2. The highest BCUT2D eigenvalue weighted by Crippen LogP contribution is 1.99. The van der Waals surface area contributed by atoms with Gasteiger partial charge in [-0.3, -0.25) is 9.36 Å². The van der Waals surface area contributed by atoms with Gasteiger partial charge in [-0.25, -0.2) is 9.78 Å². The first kappa shape index (κ1) is 16.5. The Morgan fingerprint density at radius 2 is 2.00 bits per heavy atom. The third-order valence-corrected chi connectivity index (χ3v) is 3.18. The van der Waals surface area contributed by atoms with Gasteiger partial charge in [-0.05, 0) is 31.4 Å². The van der Waals surface area contributed by atoms with E-state index in [0.717, 1.165) is 19.3 Å². The fraction of sp³-hybridized carbons (Fsp3) is 0.235. The zero-order valence-electron chi connectivity index (χ0n) is 12.8. The number of carbonyl (C=O) groups is 2. The second-order valence-electron chi connectivity index (χ2n) is 4.94. The molecule has 0 spiro atoms. The lowest BCUT2D eigenvalue weighted by Crippen LogP contribution is -2.24. The van der Waals surface area contributed by atoms with E-state index in [0.29, 0.717) is 12.1 Å². The van der Waals surface area contributed by atoms with Crippen molar-refractivity contribution in [3.63, 3.8) is 0 Å². The van der Waals surface area contributed by atoms with Crippen LogP contribution in [0.5, 0.6) is 0 Å². The second kappa shape index (κ2) is 9.19. The van der Waals surface area contributed by atoms with Gasteiger partial charge in [-0.2, -0.15) is 0 Å². The molecule has 6 heteroatoms. The van der Waals surface area contributed by atoms with Crippen molar-refractivity contribution in [1.29, 1.82) is 0 Å². The maximum Gasteiger partial charge on any atom is 0.330 e. The topological polar surface area (TPSA) is 76.0 Å². The monoisotopic (exact) mass is 312 g/mol. The van der Waals surface area contributed by atoms with Crippen LogP contribution in [0.2, 0.25) is 0 Å². The van der Waals surface area contributed by atoms with Crippen molar-refractivity contribution in [3.05, 3.63) is 66.9 Å². The molecule has 2 amide bonds. The summed E-state index contributed by atoms with van der Waals surface area (Å²) < 4.78 is 1.36. The number of hydrogen-bond acceptors (Lipinski definition) is 3. The minimum absolute atomic E-state index is 0.0475. The molecule has 1 heterocycles. The molecule has 0 aliphatic rings. The van der Waals surface area contributed by atoms with E-state index in [2.05, 4.69) is 15.6 Å². The average molecular weight is 312 g/mol. The van der Waals surface area contributed by atoms with Crippen molar-refractivity contribution in [2.75, 3.05) is 6.54 Å². The van der Waals surface area contributed by atoms with Crippen LogP contribution in [0.3, 0.4) is 0 Å². The van der Waals surface area contributed by atoms with Crippen LogP contribution >= 0.6 is 0 Å². The Balaban J connectivity index is 1.53. The van der Waals surface area contributed by atoms with Crippen LogP contribution in [0.15, 0.2) is 61.3 Å². The van der Waals surface area contributed by atoms with Gasteiger partial charge in [0.25, 0.3) is 5.91 Å². The number of nitrogens with one attached hydrogen (secondary N) is 2. The number of carbonyl (C=O) groups excluding carboxylic acids is 2. The molecule has 0 atom stereocenters. The fourth-order valence-electron chi connectivity index (χ4n) is 1.95. The first-order valence-electron chi connectivity index (χ1n) is 7.54. The van der Waals surface area contributed by atoms with Gasteiger partial charge in [0.05, 0.1) is 0 Å². The molecule has 2 aromatic rings. The van der Waals surface area contributed by atoms with Crippen LogP contribution in [0.25, 0.3) is 0 Å². The van der Waals surface area contributed by atoms with Crippen molar-refractivity contribution in [2.45, 2.75) is 19.3 Å². The van der Waals surface area contributed by atoms with Gasteiger partial charge in [0.1, 0.15) is 6.33 Å². The summed E-state index contributed by atoms with van der Waals surface area (Å²) in [7, 11) is 0. The summed E-state index contributed by atoms with van der Waals surface area (Å²) in [5, 5.41) is 5.53. The molecular weight excluding hydrogens is 292 g/mol. The second-order valence-corrected chi connectivity index (χ2v) is 4.94. The van der Waals surface area contributed by atoms with E-state index < -0.39 is 0 Å². The molecule has 23 heavy (non-hydrogen) atoms. The predicted molar refractivity (Wildman–Crippen MR) is 87.9 cm³/mol. The quantitative estimate of drug-likeness (QED) is 0.771. The minimum atomic E-state index is -0.242. The molecule has 2 N–H and O–H groups in total. The number of imidazole rings is 1. The van der Waals surface area contributed by atoms with Gasteiger partial charge >= 0.3 is 6.03 Å². The van der Waals surface area contributed by atoms with E-state index in [9.17, 15) is 9.59 Å². The Hall–Kier alpha value is -2.89. The largest absolute Gasteiger partial charge is 0.352 e. The van der Waals surface area contributed by atoms with E-state index in [4.69, 9.17) is 0 Å². The van der Waals surface area contributed by atoms with Crippen molar-refractivity contribution >= 4 is 11.9 Å². The average Bonchev–Trinajstić information content (AvgIpc) is 3.12. The number of rotatable bonds is 7. The predicted octanol–water partition coefficient (Wildman–Crippen LogP) is 2.55. The summed E-state index contributed by atoms with van der Waals surface area (Å²) >= 11 is 0. The first-order valence-corrected chi connectivity index (χ1v) is 7.54. The van der Waals surface area contributed by atoms with Crippen molar-refractivity contribution in [3.8, 4) is 0 Å². The van der Waals surface area contributed by atoms with E-state index in [1.165, 1.54) is 10.9 Å². The molecule has 0 fully saturated rings. The first-order chi connectivity index (χ1) is 11.3. The number of amides is 2. The smallest absolute Gasteiger partial charge is 0.330 e. The van der Waals surface area contributed by atoms with Gasteiger partial charge in [0.15, 0.2) is 0 Å². The van der Waals surface area contributed by atoms with Crippen LogP contribution in [0.4, 0.5) is 4.79 Å².